The van der Waals surface area contributed by atoms with Crippen LogP contribution in [0.5, 0.6) is 5.75 Å². The molecule has 2 atom stereocenters. The van der Waals surface area contributed by atoms with Crippen molar-refractivity contribution in [2.24, 2.45) is 5.92 Å². The summed E-state index contributed by atoms with van der Waals surface area (Å²) in [5.41, 5.74) is 2.14. The number of carbonyl (C=O) groups excluding carboxylic acids is 1. The van der Waals surface area contributed by atoms with Gasteiger partial charge in [0.15, 0.2) is 6.61 Å². The Balaban J connectivity index is 1.94. The van der Waals surface area contributed by atoms with Crippen molar-refractivity contribution in [3.05, 3.63) is 29.3 Å². The minimum Gasteiger partial charge on any atom is -0.483 e. The van der Waals surface area contributed by atoms with Crippen LogP contribution < -0.4 is 10.1 Å². The van der Waals surface area contributed by atoms with Crippen LogP contribution >= 0.6 is 0 Å². The van der Waals surface area contributed by atoms with E-state index in [0.717, 1.165) is 23.3 Å². The van der Waals surface area contributed by atoms with Crippen molar-refractivity contribution in [2.45, 2.75) is 52.0 Å². The van der Waals surface area contributed by atoms with Crippen LogP contribution in [0.4, 0.5) is 0 Å². The lowest BCUT2D eigenvalue weighted by Crippen LogP contribution is -2.42. The second-order valence-corrected chi connectivity index (χ2v) is 6.53. The van der Waals surface area contributed by atoms with Gasteiger partial charge in [-0.15, -0.1) is 0 Å². The van der Waals surface area contributed by atoms with E-state index in [2.05, 4.69) is 19.2 Å². The van der Waals surface area contributed by atoms with Gasteiger partial charge in [0, 0.05) is 6.04 Å². The van der Waals surface area contributed by atoms with Crippen LogP contribution in [0.3, 0.4) is 0 Å². The predicted octanol–water partition coefficient (Wildman–Crippen LogP) is 2.87. The van der Waals surface area contributed by atoms with E-state index in [9.17, 15) is 9.59 Å². The third-order valence-electron chi connectivity index (χ3n) is 4.33. The highest BCUT2D eigenvalue weighted by Gasteiger charge is 2.33. The quantitative estimate of drug-likeness (QED) is 0.845. The van der Waals surface area contributed by atoms with Gasteiger partial charge < -0.3 is 15.2 Å². The monoisotopic (exact) mass is 319 g/mol. The van der Waals surface area contributed by atoms with E-state index in [1.165, 1.54) is 0 Å². The number of aryl methyl sites for hydroxylation is 1. The fourth-order valence-electron chi connectivity index (χ4n) is 3.06. The van der Waals surface area contributed by atoms with Crippen molar-refractivity contribution < 1.29 is 19.4 Å². The van der Waals surface area contributed by atoms with E-state index < -0.39 is 11.9 Å². The molecular weight excluding hydrogens is 294 g/mol. The second-order valence-electron chi connectivity index (χ2n) is 6.53. The highest BCUT2D eigenvalue weighted by atomic mass is 16.5. The maximum absolute atomic E-state index is 12.1. The van der Waals surface area contributed by atoms with Gasteiger partial charge in [-0.3, -0.25) is 9.59 Å². The third kappa shape index (κ3) is 4.47. The van der Waals surface area contributed by atoms with Gasteiger partial charge >= 0.3 is 5.97 Å². The molecule has 2 rings (SSSR count). The van der Waals surface area contributed by atoms with Crippen molar-refractivity contribution in [3.8, 4) is 5.75 Å². The SMILES string of the molecule is Cc1ccc(C(C)C)c(OCC(=O)N[C@@H]2CCC[C@@H]2C(=O)O)c1. The molecule has 1 aromatic rings. The molecule has 5 nitrogen and oxygen atoms in total. The maximum Gasteiger partial charge on any atom is 0.308 e. The largest absolute Gasteiger partial charge is 0.483 e. The highest BCUT2D eigenvalue weighted by molar-refractivity contribution is 5.79. The Morgan fingerprint density at radius 2 is 2.09 bits per heavy atom. The fourth-order valence-corrected chi connectivity index (χ4v) is 3.06. The molecule has 5 heteroatoms. The van der Waals surface area contributed by atoms with Gasteiger partial charge in [0.25, 0.3) is 5.91 Å². The zero-order valence-corrected chi connectivity index (χ0v) is 14.0. The highest BCUT2D eigenvalue weighted by Crippen LogP contribution is 2.28. The molecule has 2 N–H and O–H groups in total. The Morgan fingerprint density at radius 1 is 1.35 bits per heavy atom. The lowest BCUT2D eigenvalue weighted by molar-refractivity contribution is -0.142. The number of carbonyl (C=O) groups is 2. The van der Waals surface area contributed by atoms with Gasteiger partial charge in [0.2, 0.25) is 0 Å². The number of carboxylic acid groups (broad SMARTS) is 1. The topological polar surface area (TPSA) is 75.6 Å². The first kappa shape index (κ1) is 17.3. The first-order valence-corrected chi connectivity index (χ1v) is 8.14. The van der Waals surface area contributed by atoms with Crippen molar-refractivity contribution >= 4 is 11.9 Å². The van der Waals surface area contributed by atoms with Crippen LogP contribution in [-0.4, -0.2) is 29.6 Å². The number of rotatable bonds is 6. The van der Waals surface area contributed by atoms with E-state index in [4.69, 9.17) is 9.84 Å². The molecule has 23 heavy (non-hydrogen) atoms. The van der Waals surface area contributed by atoms with E-state index in [1.54, 1.807) is 0 Å². The van der Waals surface area contributed by atoms with Crippen LogP contribution in [0.25, 0.3) is 0 Å². The summed E-state index contributed by atoms with van der Waals surface area (Å²) in [5.74, 6) is -0.561. The number of nitrogens with one attached hydrogen (secondary N) is 1. The molecule has 0 unspecified atom stereocenters. The molecule has 126 valence electrons. The van der Waals surface area contributed by atoms with Gasteiger partial charge in [0.1, 0.15) is 5.75 Å². The van der Waals surface area contributed by atoms with E-state index in [0.29, 0.717) is 18.8 Å². The number of amides is 1. The number of benzene rings is 1. The Hall–Kier alpha value is -2.04. The van der Waals surface area contributed by atoms with Crippen LogP contribution in [0.15, 0.2) is 18.2 Å². The minimum absolute atomic E-state index is 0.0913. The van der Waals surface area contributed by atoms with Crippen LogP contribution in [0.2, 0.25) is 0 Å². The molecule has 0 spiro atoms. The maximum atomic E-state index is 12.1. The van der Waals surface area contributed by atoms with Crippen LogP contribution in [-0.2, 0) is 9.59 Å². The van der Waals surface area contributed by atoms with Crippen LogP contribution in [0, 0.1) is 12.8 Å². The molecule has 1 aliphatic rings. The van der Waals surface area contributed by atoms with E-state index in [1.807, 2.05) is 25.1 Å². The summed E-state index contributed by atoms with van der Waals surface area (Å²) in [6, 6.07) is 5.69. The normalized spacial score (nSPS) is 20.5. The molecule has 1 aromatic carbocycles. The molecule has 0 bridgehead atoms. The molecular formula is C18H25NO4. The summed E-state index contributed by atoms with van der Waals surface area (Å²) in [6.45, 7) is 6.04. The lowest BCUT2D eigenvalue weighted by Gasteiger charge is -2.19. The van der Waals surface area contributed by atoms with Crippen molar-refractivity contribution in [3.63, 3.8) is 0 Å². The van der Waals surface area contributed by atoms with Gasteiger partial charge in [0.05, 0.1) is 5.92 Å². The fraction of sp³-hybridized carbons (Fsp3) is 0.556. The lowest BCUT2D eigenvalue weighted by atomic mass is 10.0. The van der Waals surface area contributed by atoms with E-state index >= 15 is 0 Å². The molecule has 1 amide bonds. The average Bonchev–Trinajstić information content (AvgIpc) is 2.93. The molecule has 0 aromatic heterocycles. The second kappa shape index (κ2) is 7.49. The number of ether oxygens (including phenoxy) is 1. The van der Waals surface area contributed by atoms with Gasteiger partial charge in [-0.25, -0.2) is 0 Å². The Labute approximate surface area is 137 Å². The zero-order valence-electron chi connectivity index (χ0n) is 14.0. The van der Waals surface area contributed by atoms with Gasteiger partial charge in [-0.1, -0.05) is 32.4 Å². The summed E-state index contributed by atoms with van der Waals surface area (Å²) >= 11 is 0. The number of hydrogen-bond donors (Lipinski definition) is 2. The Bertz CT molecular complexity index is 582. The molecule has 0 aliphatic heterocycles. The predicted molar refractivity (Wildman–Crippen MR) is 87.7 cm³/mol. The molecule has 1 saturated carbocycles. The molecule has 1 aliphatic carbocycles. The molecule has 1 fully saturated rings. The number of carboxylic acids is 1. The smallest absolute Gasteiger partial charge is 0.308 e. The van der Waals surface area contributed by atoms with E-state index in [-0.39, 0.29) is 18.6 Å². The van der Waals surface area contributed by atoms with Gasteiger partial charge in [-0.05, 0) is 42.9 Å². The summed E-state index contributed by atoms with van der Waals surface area (Å²) in [7, 11) is 0. The van der Waals surface area contributed by atoms with Crippen molar-refractivity contribution in [1.82, 2.24) is 5.32 Å². The molecule has 0 heterocycles. The minimum atomic E-state index is -0.838. The number of hydrogen-bond acceptors (Lipinski definition) is 3. The third-order valence-corrected chi connectivity index (χ3v) is 4.33. The summed E-state index contributed by atoms with van der Waals surface area (Å²) in [5, 5.41) is 11.9. The van der Waals surface area contributed by atoms with Gasteiger partial charge in [-0.2, -0.15) is 0 Å². The summed E-state index contributed by atoms with van der Waals surface area (Å²) < 4.78 is 5.69. The van der Waals surface area contributed by atoms with Crippen molar-refractivity contribution in [1.29, 1.82) is 0 Å². The summed E-state index contributed by atoms with van der Waals surface area (Å²) in [4.78, 5) is 23.2. The van der Waals surface area contributed by atoms with Crippen LogP contribution in [0.1, 0.15) is 50.2 Å². The molecule has 0 saturated heterocycles. The molecule has 0 radical (unpaired) electrons. The van der Waals surface area contributed by atoms with Crippen molar-refractivity contribution in [2.75, 3.05) is 6.61 Å². The number of aliphatic carboxylic acids is 1. The Morgan fingerprint density at radius 3 is 2.74 bits per heavy atom. The zero-order chi connectivity index (χ0) is 17.0. The summed E-state index contributed by atoms with van der Waals surface area (Å²) in [6.07, 6.45) is 2.17. The first-order chi connectivity index (χ1) is 10.9. The first-order valence-electron chi connectivity index (χ1n) is 8.14. The standard InChI is InChI=1S/C18H25NO4/c1-11(2)13-8-7-12(3)9-16(13)23-10-17(20)19-15-6-4-5-14(15)18(21)22/h7-9,11,14-15H,4-6,10H2,1-3H3,(H,19,20)(H,21,22)/t14-,15+/m0/s1. The average molecular weight is 319 g/mol. The Kier molecular flexibility index (Phi) is 5.64.